The summed E-state index contributed by atoms with van der Waals surface area (Å²) < 4.78 is 15.3. The van der Waals surface area contributed by atoms with Gasteiger partial charge in [0.1, 0.15) is 17.8 Å². The van der Waals surface area contributed by atoms with Gasteiger partial charge in [0.25, 0.3) is 11.8 Å². The highest BCUT2D eigenvalue weighted by molar-refractivity contribution is 5.96. The monoisotopic (exact) mass is 553 g/mol. The van der Waals surface area contributed by atoms with Crippen LogP contribution in [0.3, 0.4) is 0 Å². The van der Waals surface area contributed by atoms with Crippen LogP contribution in [0, 0.1) is 11.8 Å². The number of oxazole rings is 1. The maximum atomic E-state index is 12.8. The first-order valence-electron chi connectivity index (χ1n) is 12.9. The third kappa shape index (κ3) is 7.78. The van der Waals surface area contributed by atoms with Gasteiger partial charge in [-0.25, -0.2) is 14.6 Å². The number of rotatable bonds is 12. The van der Waals surface area contributed by atoms with E-state index in [4.69, 9.17) is 13.9 Å². The molecule has 0 aliphatic heterocycles. The van der Waals surface area contributed by atoms with E-state index in [0.717, 1.165) is 0 Å². The summed E-state index contributed by atoms with van der Waals surface area (Å²) in [6, 6.07) is 7.02. The highest BCUT2D eigenvalue weighted by atomic mass is 16.5. The van der Waals surface area contributed by atoms with Gasteiger partial charge in [0.05, 0.1) is 26.1 Å². The van der Waals surface area contributed by atoms with Gasteiger partial charge in [0.15, 0.2) is 0 Å². The van der Waals surface area contributed by atoms with Crippen LogP contribution in [0.25, 0.3) is 22.7 Å². The van der Waals surface area contributed by atoms with Crippen molar-refractivity contribution in [2.45, 2.75) is 52.6 Å². The molecule has 12 nitrogen and oxygen atoms in total. The normalized spacial score (nSPS) is 12.6. The van der Waals surface area contributed by atoms with E-state index in [0.29, 0.717) is 29.7 Å². The molecule has 3 aromatic rings. The van der Waals surface area contributed by atoms with Gasteiger partial charge in [-0.05, 0) is 42.9 Å². The van der Waals surface area contributed by atoms with Crippen molar-refractivity contribution < 1.29 is 33.1 Å². The molecule has 2 amide bonds. The van der Waals surface area contributed by atoms with Crippen molar-refractivity contribution in [3.8, 4) is 22.7 Å². The molecule has 0 radical (unpaired) electrons. The molecule has 0 fully saturated rings. The summed E-state index contributed by atoms with van der Waals surface area (Å²) in [4.78, 5) is 53.8. The van der Waals surface area contributed by atoms with Crippen molar-refractivity contribution in [2.75, 3.05) is 14.2 Å². The van der Waals surface area contributed by atoms with E-state index in [-0.39, 0.29) is 29.2 Å². The molecular weight excluding hydrogens is 518 g/mol. The van der Waals surface area contributed by atoms with Crippen molar-refractivity contribution >= 4 is 23.8 Å². The summed E-state index contributed by atoms with van der Waals surface area (Å²) in [5.74, 6) is -1.68. The molecule has 0 saturated heterocycles. The number of nitrogens with one attached hydrogen (secondary N) is 3. The van der Waals surface area contributed by atoms with Crippen LogP contribution in [0.4, 0.5) is 0 Å². The predicted molar refractivity (Wildman–Crippen MR) is 145 cm³/mol. The summed E-state index contributed by atoms with van der Waals surface area (Å²) >= 11 is 0. The summed E-state index contributed by atoms with van der Waals surface area (Å²) in [7, 11) is 2.54. The summed E-state index contributed by atoms with van der Waals surface area (Å²) in [5.41, 5.74) is 1.88. The zero-order valence-electron chi connectivity index (χ0n) is 23.4. The lowest BCUT2D eigenvalue weighted by atomic mass is 10.0. The number of esters is 2. The number of H-pyrrole nitrogens is 1. The Kier molecular flexibility index (Phi) is 10.2. The minimum absolute atomic E-state index is 0.0571. The molecule has 40 heavy (non-hydrogen) atoms. The van der Waals surface area contributed by atoms with Gasteiger partial charge >= 0.3 is 11.9 Å². The average molecular weight is 554 g/mol. The standard InChI is InChI=1S/C28H35N5O7/c1-15(2)10-21(27(36)38-5)30-24(34)20-13-19(32-33-20)17-8-7-9-18(12-17)26-29-14-23(40-26)25(35)31-22(11-16(3)4)28(37)39-6/h7-9,12-16,21-22H,10-11H2,1-6H3,(H,30,34)(H,31,35)(H,32,33)/t21-,22-/m0/s1. The number of methoxy groups -OCH3 is 2. The number of carbonyl (C=O) groups is 4. The van der Waals surface area contributed by atoms with Gasteiger partial charge in [0.2, 0.25) is 11.7 Å². The molecule has 1 aromatic carbocycles. The number of amides is 2. The van der Waals surface area contributed by atoms with Crippen LogP contribution >= 0.6 is 0 Å². The van der Waals surface area contributed by atoms with E-state index in [1.54, 1.807) is 30.3 Å². The highest BCUT2D eigenvalue weighted by Gasteiger charge is 2.26. The number of aromatic nitrogens is 3. The second-order valence-electron chi connectivity index (χ2n) is 10.1. The smallest absolute Gasteiger partial charge is 0.328 e. The Morgan fingerprint density at radius 1 is 0.875 bits per heavy atom. The minimum atomic E-state index is -0.811. The molecule has 12 heteroatoms. The van der Waals surface area contributed by atoms with Crippen molar-refractivity contribution in [1.82, 2.24) is 25.8 Å². The molecule has 3 rings (SSSR count). The molecule has 2 heterocycles. The molecular formula is C28H35N5O7. The maximum absolute atomic E-state index is 12.8. The van der Waals surface area contributed by atoms with Crippen LogP contribution in [-0.4, -0.2) is 65.2 Å². The Morgan fingerprint density at radius 2 is 1.45 bits per heavy atom. The molecule has 0 bridgehead atoms. The number of benzene rings is 1. The molecule has 0 unspecified atom stereocenters. The Hall–Kier alpha value is -4.48. The summed E-state index contributed by atoms with van der Waals surface area (Å²) in [6.45, 7) is 7.75. The SMILES string of the molecule is COC(=O)[C@H](CC(C)C)NC(=O)c1cc(-c2cccc(-c3ncc(C(=O)N[C@@H](CC(C)C)C(=O)OC)o3)c2)n[nH]1. The number of nitrogens with zero attached hydrogens (tertiary/aromatic N) is 2. The number of hydrogen-bond donors (Lipinski definition) is 3. The van der Waals surface area contributed by atoms with Gasteiger partial charge < -0.3 is 24.5 Å². The largest absolute Gasteiger partial charge is 0.467 e. The zero-order chi connectivity index (χ0) is 29.4. The lowest BCUT2D eigenvalue weighted by Crippen LogP contribution is -2.42. The molecule has 2 aromatic heterocycles. The number of carbonyl (C=O) groups excluding carboxylic acids is 4. The summed E-state index contributed by atoms with van der Waals surface area (Å²) in [5, 5.41) is 12.3. The lowest BCUT2D eigenvalue weighted by Gasteiger charge is -2.17. The van der Waals surface area contributed by atoms with Crippen LogP contribution in [0.5, 0.6) is 0 Å². The van der Waals surface area contributed by atoms with E-state index in [1.165, 1.54) is 20.4 Å². The Bertz CT molecular complexity index is 1250. The van der Waals surface area contributed by atoms with Gasteiger partial charge in [-0.1, -0.05) is 39.8 Å². The van der Waals surface area contributed by atoms with Crippen LogP contribution < -0.4 is 10.6 Å². The molecule has 214 valence electrons. The van der Waals surface area contributed by atoms with Gasteiger partial charge in [-0.3, -0.25) is 14.7 Å². The summed E-state index contributed by atoms with van der Waals surface area (Å²) in [6.07, 6.45) is 2.12. The quantitative estimate of drug-likeness (QED) is 0.285. The van der Waals surface area contributed by atoms with Crippen LogP contribution in [0.2, 0.25) is 0 Å². The van der Waals surface area contributed by atoms with Crippen LogP contribution in [0.1, 0.15) is 61.6 Å². The topological polar surface area (TPSA) is 166 Å². The van der Waals surface area contributed by atoms with Gasteiger partial charge in [0, 0.05) is 11.1 Å². The number of aromatic amines is 1. The van der Waals surface area contributed by atoms with E-state index in [1.807, 2.05) is 27.7 Å². The first-order chi connectivity index (χ1) is 19.0. The van der Waals surface area contributed by atoms with E-state index < -0.39 is 35.8 Å². The van der Waals surface area contributed by atoms with Crippen molar-refractivity contribution in [3.63, 3.8) is 0 Å². The van der Waals surface area contributed by atoms with Crippen molar-refractivity contribution in [2.24, 2.45) is 11.8 Å². The Balaban J connectivity index is 1.74. The number of ether oxygens (including phenoxy) is 2. The second kappa shape index (κ2) is 13.5. The lowest BCUT2D eigenvalue weighted by molar-refractivity contribution is -0.144. The third-order valence-corrected chi connectivity index (χ3v) is 5.95. The molecule has 3 N–H and O–H groups in total. The van der Waals surface area contributed by atoms with Crippen molar-refractivity contribution in [3.05, 3.63) is 48.0 Å². The van der Waals surface area contributed by atoms with Crippen LogP contribution in [-0.2, 0) is 19.1 Å². The fraction of sp³-hybridized carbons (Fsp3) is 0.429. The predicted octanol–water partition coefficient (Wildman–Crippen LogP) is 3.37. The fourth-order valence-electron chi connectivity index (χ4n) is 4.03. The van der Waals surface area contributed by atoms with Crippen molar-refractivity contribution in [1.29, 1.82) is 0 Å². The molecule has 0 spiro atoms. The van der Waals surface area contributed by atoms with Gasteiger partial charge in [-0.15, -0.1) is 0 Å². The molecule has 2 atom stereocenters. The molecule has 0 aliphatic carbocycles. The van der Waals surface area contributed by atoms with Crippen LogP contribution in [0.15, 0.2) is 40.9 Å². The van der Waals surface area contributed by atoms with Gasteiger partial charge in [-0.2, -0.15) is 5.10 Å². The second-order valence-corrected chi connectivity index (χ2v) is 10.1. The first kappa shape index (κ1) is 30.1. The minimum Gasteiger partial charge on any atom is -0.467 e. The van der Waals surface area contributed by atoms with E-state index in [9.17, 15) is 19.2 Å². The highest BCUT2D eigenvalue weighted by Crippen LogP contribution is 2.26. The third-order valence-electron chi connectivity index (χ3n) is 5.95. The Morgan fingerprint density at radius 3 is 2.02 bits per heavy atom. The Labute approximate surface area is 232 Å². The number of hydrogen-bond acceptors (Lipinski definition) is 9. The van der Waals surface area contributed by atoms with E-state index >= 15 is 0 Å². The average Bonchev–Trinajstić information content (AvgIpc) is 3.62. The zero-order valence-corrected chi connectivity index (χ0v) is 23.4. The fourth-order valence-corrected chi connectivity index (χ4v) is 4.03. The molecule has 0 saturated carbocycles. The molecule has 0 aliphatic rings. The van der Waals surface area contributed by atoms with E-state index in [2.05, 4.69) is 25.8 Å². The first-order valence-corrected chi connectivity index (χ1v) is 12.9. The maximum Gasteiger partial charge on any atom is 0.328 e.